The summed E-state index contributed by atoms with van der Waals surface area (Å²) in [7, 11) is 0. The van der Waals surface area contributed by atoms with Crippen molar-refractivity contribution in [1.82, 2.24) is 14.8 Å². The monoisotopic (exact) mass is 488 g/mol. The average molecular weight is 489 g/mol. The Hall–Kier alpha value is -3.06. The molecule has 0 bridgehead atoms. The number of Topliss-reactive ketones (excluding diaryl/α,β-unsaturated/α-hetero) is 1. The van der Waals surface area contributed by atoms with E-state index in [9.17, 15) is 4.79 Å². The molecule has 2 heterocycles. The van der Waals surface area contributed by atoms with Crippen LogP contribution in [0.15, 0.2) is 58.9 Å². The molecule has 0 amide bonds. The number of ketones is 1. The first-order valence-corrected chi connectivity index (χ1v) is 13.1. The van der Waals surface area contributed by atoms with E-state index in [-0.39, 0.29) is 17.2 Å². The summed E-state index contributed by atoms with van der Waals surface area (Å²) in [6, 6.07) is 14.1. The smallest absolute Gasteiger partial charge is 0.227 e. The van der Waals surface area contributed by atoms with Crippen LogP contribution in [0.2, 0.25) is 0 Å². The van der Waals surface area contributed by atoms with Crippen molar-refractivity contribution in [3.63, 3.8) is 0 Å². The molecule has 2 aromatic carbocycles. The Morgan fingerprint density at radius 2 is 1.97 bits per heavy atom. The SMILES string of the molecule is CCOc1ccccc1[C@H]1C2=C(CC(C)(C)CC2=O)Nc2nc(SCc3cc(C)ccc3C)nn21. The molecule has 2 aliphatic rings. The second-order valence-electron chi connectivity index (χ2n) is 10.2. The van der Waals surface area contributed by atoms with E-state index in [2.05, 4.69) is 51.2 Å². The lowest BCUT2D eigenvalue weighted by atomic mass is 9.73. The third-order valence-corrected chi connectivity index (χ3v) is 7.57. The maximum Gasteiger partial charge on any atom is 0.227 e. The molecule has 1 aliphatic carbocycles. The summed E-state index contributed by atoms with van der Waals surface area (Å²) in [5.41, 5.74) is 6.36. The van der Waals surface area contributed by atoms with Crippen molar-refractivity contribution >= 4 is 23.5 Å². The molecule has 0 saturated heterocycles. The number of rotatable bonds is 6. The number of aryl methyl sites for hydroxylation is 2. The van der Waals surface area contributed by atoms with Gasteiger partial charge < -0.3 is 10.1 Å². The lowest BCUT2D eigenvalue weighted by Gasteiger charge is -2.38. The van der Waals surface area contributed by atoms with Crippen molar-refractivity contribution in [2.75, 3.05) is 11.9 Å². The third-order valence-electron chi connectivity index (χ3n) is 6.69. The summed E-state index contributed by atoms with van der Waals surface area (Å²) in [5, 5.41) is 9.07. The Bertz CT molecular complexity index is 1320. The number of carbonyl (C=O) groups is 1. The summed E-state index contributed by atoms with van der Waals surface area (Å²) < 4.78 is 7.85. The lowest BCUT2D eigenvalue weighted by Crippen LogP contribution is -2.36. The fraction of sp³-hybridized carbons (Fsp3) is 0.393. The number of hydrogen-bond acceptors (Lipinski definition) is 6. The zero-order chi connectivity index (χ0) is 24.7. The Morgan fingerprint density at radius 1 is 1.17 bits per heavy atom. The maximum absolute atomic E-state index is 13.5. The van der Waals surface area contributed by atoms with Crippen LogP contribution < -0.4 is 10.1 Å². The van der Waals surface area contributed by atoms with E-state index < -0.39 is 0 Å². The van der Waals surface area contributed by atoms with Crippen LogP contribution in [-0.2, 0) is 10.5 Å². The largest absolute Gasteiger partial charge is 0.494 e. The van der Waals surface area contributed by atoms with E-state index >= 15 is 0 Å². The van der Waals surface area contributed by atoms with E-state index in [0.29, 0.717) is 24.1 Å². The van der Waals surface area contributed by atoms with Gasteiger partial charge >= 0.3 is 0 Å². The van der Waals surface area contributed by atoms with Crippen molar-refractivity contribution in [2.45, 2.75) is 64.4 Å². The normalized spacial score (nSPS) is 18.7. The molecule has 182 valence electrons. The molecule has 35 heavy (non-hydrogen) atoms. The van der Waals surface area contributed by atoms with Crippen LogP contribution >= 0.6 is 11.8 Å². The van der Waals surface area contributed by atoms with Gasteiger partial charge in [-0.3, -0.25) is 4.79 Å². The number of thioether (sulfide) groups is 1. The number of benzene rings is 2. The van der Waals surface area contributed by atoms with Gasteiger partial charge in [0, 0.05) is 29.0 Å². The average Bonchev–Trinajstić information content (AvgIpc) is 3.20. The van der Waals surface area contributed by atoms with Crippen LogP contribution in [0, 0.1) is 19.3 Å². The van der Waals surface area contributed by atoms with Crippen molar-refractivity contribution < 1.29 is 9.53 Å². The first-order chi connectivity index (χ1) is 16.8. The summed E-state index contributed by atoms with van der Waals surface area (Å²) in [4.78, 5) is 18.3. The summed E-state index contributed by atoms with van der Waals surface area (Å²) in [6.07, 6.45) is 1.30. The van der Waals surface area contributed by atoms with Crippen molar-refractivity contribution in [1.29, 1.82) is 0 Å². The molecule has 1 aromatic heterocycles. The van der Waals surface area contributed by atoms with Crippen LogP contribution in [0.4, 0.5) is 5.95 Å². The molecule has 1 N–H and O–H groups in total. The highest BCUT2D eigenvalue weighted by Gasteiger charge is 2.42. The first-order valence-electron chi connectivity index (χ1n) is 12.2. The molecule has 6 nitrogen and oxygen atoms in total. The summed E-state index contributed by atoms with van der Waals surface area (Å²) in [6.45, 7) is 11.1. The second-order valence-corrected chi connectivity index (χ2v) is 11.2. The quantitative estimate of drug-likeness (QED) is 0.414. The van der Waals surface area contributed by atoms with Crippen LogP contribution in [0.25, 0.3) is 0 Å². The van der Waals surface area contributed by atoms with Gasteiger partial charge in [0.05, 0.1) is 6.61 Å². The van der Waals surface area contributed by atoms with Gasteiger partial charge in [-0.2, -0.15) is 4.98 Å². The van der Waals surface area contributed by atoms with E-state index in [1.165, 1.54) is 16.7 Å². The fourth-order valence-corrected chi connectivity index (χ4v) is 5.92. The molecular formula is C28H32N4O2S. The molecule has 1 atom stereocenters. The van der Waals surface area contributed by atoms with Gasteiger partial charge in [0.2, 0.25) is 11.1 Å². The third kappa shape index (κ3) is 4.61. The van der Waals surface area contributed by atoms with Gasteiger partial charge in [-0.1, -0.05) is 67.6 Å². The van der Waals surface area contributed by atoms with E-state index in [1.807, 2.05) is 35.9 Å². The number of allylic oxidation sites excluding steroid dienone is 2. The maximum atomic E-state index is 13.5. The predicted octanol–water partition coefficient (Wildman–Crippen LogP) is 6.24. The minimum atomic E-state index is -0.366. The number of ether oxygens (including phenoxy) is 1. The highest BCUT2D eigenvalue weighted by Crippen LogP contribution is 2.47. The molecule has 0 radical (unpaired) electrons. The number of aromatic nitrogens is 3. The van der Waals surface area contributed by atoms with Crippen molar-refractivity contribution in [3.8, 4) is 5.75 Å². The minimum absolute atomic E-state index is 0.102. The summed E-state index contributed by atoms with van der Waals surface area (Å²) >= 11 is 1.62. The van der Waals surface area contributed by atoms with E-state index in [4.69, 9.17) is 14.8 Å². The minimum Gasteiger partial charge on any atom is -0.494 e. The van der Waals surface area contributed by atoms with Gasteiger partial charge in [0.25, 0.3) is 0 Å². The topological polar surface area (TPSA) is 69.0 Å². The molecule has 0 saturated carbocycles. The highest BCUT2D eigenvalue weighted by atomic mass is 32.2. The second kappa shape index (κ2) is 9.19. The molecular weight excluding hydrogens is 456 g/mol. The number of carbonyl (C=O) groups excluding carboxylic acids is 1. The standard InChI is InChI=1S/C28H32N4O2S/c1-6-34-23-10-8-7-9-20(23)25-24-21(14-28(4,5)15-22(24)33)29-26-30-27(31-32(25)26)35-16-19-13-17(2)11-12-18(19)3/h7-13,25H,6,14-16H2,1-5H3,(H,29,30,31)/t25-/m0/s1. The molecule has 3 aromatic rings. The molecule has 7 heteroatoms. The van der Waals surface area contributed by atoms with Gasteiger partial charge in [-0.05, 0) is 49.8 Å². The number of nitrogens with zero attached hydrogens (tertiary/aromatic N) is 3. The molecule has 5 rings (SSSR count). The van der Waals surface area contributed by atoms with Gasteiger partial charge in [-0.15, -0.1) is 5.10 Å². The first kappa shape index (κ1) is 23.7. The summed E-state index contributed by atoms with van der Waals surface area (Å²) in [5.74, 6) is 2.40. The van der Waals surface area contributed by atoms with E-state index in [0.717, 1.165) is 34.8 Å². The van der Waals surface area contributed by atoms with Gasteiger partial charge in [0.1, 0.15) is 11.8 Å². The Kier molecular flexibility index (Phi) is 6.21. The van der Waals surface area contributed by atoms with Gasteiger partial charge in [-0.25, -0.2) is 4.68 Å². The lowest BCUT2D eigenvalue weighted by molar-refractivity contribution is -0.118. The fourth-order valence-electron chi connectivity index (χ4n) is 5.03. The number of fused-ring (bicyclic) bond motifs is 1. The van der Waals surface area contributed by atoms with Crippen LogP contribution in [0.3, 0.4) is 0 Å². The zero-order valence-electron chi connectivity index (χ0n) is 21.0. The highest BCUT2D eigenvalue weighted by molar-refractivity contribution is 7.98. The molecule has 0 unspecified atom stereocenters. The molecule has 1 aliphatic heterocycles. The van der Waals surface area contributed by atoms with E-state index in [1.54, 1.807) is 11.8 Å². The number of anilines is 1. The van der Waals surface area contributed by atoms with Crippen molar-refractivity contribution in [3.05, 3.63) is 76.0 Å². The number of hydrogen-bond donors (Lipinski definition) is 1. The van der Waals surface area contributed by atoms with Crippen LogP contribution in [-0.4, -0.2) is 27.2 Å². The Labute approximate surface area is 211 Å². The Morgan fingerprint density at radius 3 is 2.77 bits per heavy atom. The number of nitrogens with one attached hydrogen (secondary N) is 1. The Balaban J connectivity index is 1.56. The molecule has 0 fully saturated rings. The number of para-hydroxylation sites is 1. The van der Waals surface area contributed by atoms with Crippen molar-refractivity contribution in [2.24, 2.45) is 5.41 Å². The molecule has 0 spiro atoms. The zero-order valence-corrected chi connectivity index (χ0v) is 21.8. The van der Waals surface area contributed by atoms with Crippen LogP contribution in [0.1, 0.15) is 61.9 Å². The van der Waals surface area contributed by atoms with Gasteiger partial charge in [0.15, 0.2) is 5.78 Å². The predicted molar refractivity (Wildman–Crippen MR) is 140 cm³/mol. The van der Waals surface area contributed by atoms with Crippen LogP contribution in [0.5, 0.6) is 5.75 Å².